The zero-order valence-corrected chi connectivity index (χ0v) is 16.6. The van der Waals surface area contributed by atoms with Gasteiger partial charge in [-0.2, -0.15) is 0 Å². The normalized spacial score (nSPS) is 17.7. The number of aryl methyl sites for hydroxylation is 1. The van der Waals surface area contributed by atoms with E-state index in [1.54, 1.807) is 49.5 Å². The molecule has 0 aliphatic carbocycles. The highest BCUT2D eigenvalue weighted by Gasteiger charge is 2.42. The van der Waals surface area contributed by atoms with Crippen molar-refractivity contribution in [1.29, 1.82) is 0 Å². The van der Waals surface area contributed by atoms with Gasteiger partial charge in [0, 0.05) is 18.2 Å². The van der Waals surface area contributed by atoms with Crippen LogP contribution in [0.25, 0.3) is 11.1 Å². The number of hydrogen-bond donors (Lipinski definition) is 2. The fraction of sp³-hybridized carbons (Fsp3) is 0.174. The summed E-state index contributed by atoms with van der Waals surface area (Å²) in [6.45, 7) is 2.00. The van der Waals surface area contributed by atoms with E-state index < -0.39 is 17.2 Å². The molecule has 0 bridgehead atoms. The summed E-state index contributed by atoms with van der Waals surface area (Å²) in [6.07, 6.45) is 1.98. The molecule has 1 atom stereocenters. The van der Waals surface area contributed by atoms with E-state index in [-0.39, 0.29) is 5.82 Å². The van der Waals surface area contributed by atoms with Crippen molar-refractivity contribution in [2.75, 3.05) is 6.61 Å². The first-order valence-corrected chi connectivity index (χ1v) is 9.77. The molecule has 0 unspecified atom stereocenters. The van der Waals surface area contributed by atoms with Gasteiger partial charge in [-0.05, 0) is 54.4 Å². The summed E-state index contributed by atoms with van der Waals surface area (Å²) in [5, 5.41) is 3.07. The lowest BCUT2D eigenvalue weighted by molar-refractivity contribution is 0.0883. The number of hydrogen-bond acceptors (Lipinski definition) is 5. The summed E-state index contributed by atoms with van der Waals surface area (Å²) in [7, 11) is 0. The molecule has 0 saturated heterocycles. The molecule has 0 saturated carbocycles. The van der Waals surface area contributed by atoms with E-state index in [1.807, 2.05) is 0 Å². The van der Waals surface area contributed by atoms with Crippen LogP contribution in [0.5, 0.6) is 5.75 Å². The van der Waals surface area contributed by atoms with Crippen LogP contribution in [0.3, 0.4) is 0 Å². The third kappa shape index (κ3) is 3.16. The summed E-state index contributed by atoms with van der Waals surface area (Å²) in [6, 6.07) is 13.1. The lowest BCUT2D eigenvalue weighted by Crippen LogP contribution is -2.50. The molecule has 156 valence electrons. The number of ether oxygens (including phenoxy) is 1. The van der Waals surface area contributed by atoms with Crippen LogP contribution in [-0.2, 0) is 5.54 Å². The summed E-state index contributed by atoms with van der Waals surface area (Å²) >= 11 is 0. The molecule has 8 heteroatoms. The maximum absolute atomic E-state index is 14.5. The molecule has 5 rings (SSSR count). The number of aromatic amines is 1. The van der Waals surface area contributed by atoms with Gasteiger partial charge in [0.15, 0.2) is 5.58 Å². The Morgan fingerprint density at radius 2 is 2.10 bits per heavy atom. The smallest absolute Gasteiger partial charge is 0.417 e. The number of carbonyl (C=O) groups excluding carboxylic acids is 1. The monoisotopic (exact) mass is 419 g/mol. The predicted octanol–water partition coefficient (Wildman–Crippen LogP) is 3.42. The number of rotatable bonds is 3. The van der Waals surface area contributed by atoms with Crippen molar-refractivity contribution >= 4 is 17.0 Å². The van der Waals surface area contributed by atoms with E-state index in [0.717, 1.165) is 0 Å². The van der Waals surface area contributed by atoms with Gasteiger partial charge in [0.05, 0.1) is 12.1 Å². The van der Waals surface area contributed by atoms with Gasteiger partial charge in [0.25, 0.3) is 5.91 Å². The van der Waals surface area contributed by atoms with Gasteiger partial charge < -0.3 is 14.5 Å². The number of oxazole rings is 1. The minimum atomic E-state index is -1.08. The molecule has 3 heterocycles. The van der Waals surface area contributed by atoms with Gasteiger partial charge in [-0.1, -0.05) is 12.1 Å². The van der Waals surface area contributed by atoms with E-state index >= 15 is 0 Å². The standard InChI is InChI=1S/C23H18FN3O4/c1-13-4-6-15(12-16(13)24)23(8-10-30-19-3-2-9-25-20(19)23)27-21(28)14-5-7-18-17(11-14)26-22(29)31-18/h2-7,9,11-12H,8,10H2,1H3,(H,26,29)(H,27,28)/t23-/m0/s1. The Morgan fingerprint density at radius 3 is 2.94 bits per heavy atom. The zero-order chi connectivity index (χ0) is 21.6. The average Bonchev–Trinajstić information content (AvgIpc) is 3.15. The molecule has 2 N–H and O–H groups in total. The SMILES string of the molecule is Cc1ccc([C@@]2(NC(=O)c3ccc4oc(=O)[nH]c4c3)CCOc3cccnc32)cc1F. The lowest BCUT2D eigenvalue weighted by atomic mass is 9.80. The van der Waals surface area contributed by atoms with Crippen molar-refractivity contribution in [2.45, 2.75) is 18.9 Å². The van der Waals surface area contributed by atoms with Gasteiger partial charge >= 0.3 is 5.76 Å². The van der Waals surface area contributed by atoms with Crippen molar-refractivity contribution in [3.8, 4) is 5.75 Å². The Kier molecular flexibility index (Phi) is 4.35. The van der Waals surface area contributed by atoms with Crippen LogP contribution in [0.2, 0.25) is 0 Å². The number of halogens is 1. The van der Waals surface area contributed by atoms with Crippen molar-refractivity contribution in [1.82, 2.24) is 15.3 Å². The van der Waals surface area contributed by atoms with Crippen LogP contribution >= 0.6 is 0 Å². The Bertz CT molecular complexity index is 1380. The minimum Gasteiger partial charge on any atom is -0.491 e. The number of pyridine rings is 1. The average molecular weight is 419 g/mol. The molecule has 0 fully saturated rings. The van der Waals surface area contributed by atoms with Gasteiger partial charge in [-0.25, -0.2) is 9.18 Å². The Balaban J connectivity index is 1.63. The van der Waals surface area contributed by atoms with Crippen LogP contribution < -0.4 is 15.8 Å². The third-order valence-electron chi connectivity index (χ3n) is 5.58. The second-order valence-corrected chi connectivity index (χ2v) is 7.50. The maximum atomic E-state index is 14.5. The van der Waals surface area contributed by atoms with Crippen molar-refractivity contribution in [2.24, 2.45) is 0 Å². The second-order valence-electron chi connectivity index (χ2n) is 7.50. The van der Waals surface area contributed by atoms with Crippen LogP contribution in [0, 0.1) is 12.7 Å². The van der Waals surface area contributed by atoms with E-state index in [1.165, 1.54) is 12.1 Å². The van der Waals surface area contributed by atoms with Gasteiger partial charge in [0.1, 0.15) is 22.8 Å². The first kappa shape index (κ1) is 19.0. The van der Waals surface area contributed by atoms with Crippen LogP contribution in [-0.4, -0.2) is 22.5 Å². The van der Waals surface area contributed by atoms with Crippen molar-refractivity contribution in [3.05, 3.63) is 93.5 Å². The molecule has 31 heavy (non-hydrogen) atoms. The van der Waals surface area contributed by atoms with Crippen LogP contribution in [0.4, 0.5) is 4.39 Å². The third-order valence-corrected chi connectivity index (χ3v) is 5.58. The number of aromatic nitrogens is 2. The first-order chi connectivity index (χ1) is 15.0. The number of nitrogens with zero attached hydrogens (tertiary/aromatic N) is 1. The molecule has 1 aliphatic heterocycles. The van der Waals surface area contributed by atoms with E-state index in [0.29, 0.717) is 52.3 Å². The van der Waals surface area contributed by atoms with Crippen molar-refractivity contribution < 1.29 is 18.3 Å². The minimum absolute atomic E-state index is 0.320. The fourth-order valence-corrected chi connectivity index (χ4v) is 3.95. The Labute approximate surface area is 175 Å². The molecule has 1 aliphatic rings. The highest BCUT2D eigenvalue weighted by molar-refractivity contribution is 5.97. The number of amides is 1. The number of nitrogens with one attached hydrogen (secondary N) is 2. The summed E-state index contributed by atoms with van der Waals surface area (Å²) in [4.78, 5) is 31.8. The van der Waals surface area contributed by atoms with Crippen LogP contribution in [0.1, 0.15) is 33.6 Å². The molecular weight excluding hydrogens is 401 g/mol. The van der Waals surface area contributed by atoms with E-state index in [2.05, 4.69) is 15.3 Å². The summed E-state index contributed by atoms with van der Waals surface area (Å²) < 4.78 is 25.3. The molecule has 4 aromatic rings. The molecular formula is C23H18FN3O4. The summed E-state index contributed by atoms with van der Waals surface area (Å²) in [5.74, 6) is -0.831. The van der Waals surface area contributed by atoms with Crippen molar-refractivity contribution in [3.63, 3.8) is 0 Å². The topological polar surface area (TPSA) is 97.2 Å². The lowest BCUT2D eigenvalue weighted by Gasteiger charge is -2.39. The Hall–Kier alpha value is -3.94. The highest BCUT2D eigenvalue weighted by atomic mass is 19.1. The van der Waals surface area contributed by atoms with E-state index in [9.17, 15) is 14.0 Å². The predicted molar refractivity (Wildman–Crippen MR) is 111 cm³/mol. The fourth-order valence-electron chi connectivity index (χ4n) is 3.95. The van der Waals surface area contributed by atoms with Crippen LogP contribution in [0.15, 0.2) is 63.9 Å². The number of carbonyl (C=O) groups is 1. The Morgan fingerprint density at radius 1 is 1.23 bits per heavy atom. The summed E-state index contributed by atoms with van der Waals surface area (Å²) in [5.41, 5.74) is 1.60. The van der Waals surface area contributed by atoms with E-state index in [4.69, 9.17) is 9.15 Å². The molecule has 2 aromatic carbocycles. The first-order valence-electron chi connectivity index (χ1n) is 9.77. The van der Waals surface area contributed by atoms with Gasteiger partial charge in [-0.15, -0.1) is 0 Å². The molecule has 0 radical (unpaired) electrons. The van der Waals surface area contributed by atoms with Gasteiger partial charge in [-0.3, -0.25) is 14.8 Å². The second kappa shape index (κ2) is 7.09. The molecule has 1 amide bonds. The molecule has 2 aromatic heterocycles. The van der Waals surface area contributed by atoms with Gasteiger partial charge in [0.2, 0.25) is 0 Å². The largest absolute Gasteiger partial charge is 0.491 e. The zero-order valence-electron chi connectivity index (χ0n) is 16.6. The maximum Gasteiger partial charge on any atom is 0.417 e. The highest BCUT2D eigenvalue weighted by Crippen LogP contribution is 2.41. The number of benzene rings is 2. The molecule has 0 spiro atoms. The number of H-pyrrole nitrogens is 1. The number of fused-ring (bicyclic) bond motifs is 2. The molecule has 7 nitrogen and oxygen atoms in total. The quantitative estimate of drug-likeness (QED) is 0.530.